The average molecular weight is 329 g/mol. The fourth-order valence-electron chi connectivity index (χ4n) is 3.37. The summed E-state index contributed by atoms with van der Waals surface area (Å²) in [5.41, 5.74) is 0.523. The van der Waals surface area contributed by atoms with Crippen LogP contribution in [0.2, 0.25) is 0 Å². The second kappa shape index (κ2) is 6.95. The van der Waals surface area contributed by atoms with Crippen molar-refractivity contribution in [2.75, 3.05) is 20.8 Å². The Balaban J connectivity index is 2.00. The number of imidazole rings is 1. The molecule has 0 bridgehead atoms. The van der Waals surface area contributed by atoms with E-state index in [1.807, 2.05) is 17.2 Å². The van der Waals surface area contributed by atoms with Crippen LogP contribution in [-0.4, -0.2) is 41.1 Å². The molecule has 1 aromatic heterocycles. The highest BCUT2D eigenvalue weighted by molar-refractivity contribution is 5.98. The molecule has 1 aromatic carbocycles. The lowest BCUT2D eigenvalue weighted by Crippen LogP contribution is -2.35. The molecule has 0 saturated heterocycles. The van der Waals surface area contributed by atoms with E-state index in [1.165, 1.54) is 0 Å². The van der Waals surface area contributed by atoms with E-state index in [9.17, 15) is 4.79 Å². The van der Waals surface area contributed by atoms with E-state index >= 15 is 0 Å². The molecule has 2 aromatic rings. The van der Waals surface area contributed by atoms with E-state index in [-0.39, 0.29) is 11.9 Å². The summed E-state index contributed by atoms with van der Waals surface area (Å²) in [5, 5.41) is 0. The SMILES string of the molecule is CCC1c2nccn2CCCN1C(=O)c1cccc(OC)c1OC. The van der Waals surface area contributed by atoms with Crippen LogP contribution in [0.3, 0.4) is 0 Å². The minimum Gasteiger partial charge on any atom is -0.493 e. The fourth-order valence-corrected chi connectivity index (χ4v) is 3.37. The third-order valence-corrected chi connectivity index (χ3v) is 4.50. The molecule has 2 heterocycles. The van der Waals surface area contributed by atoms with Gasteiger partial charge in [0.15, 0.2) is 11.5 Å². The molecular weight excluding hydrogens is 306 g/mol. The van der Waals surface area contributed by atoms with Gasteiger partial charge in [-0.1, -0.05) is 13.0 Å². The highest BCUT2D eigenvalue weighted by Crippen LogP contribution is 2.34. The van der Waals surface area contributed by atoms with Gasteiger partial charge in [-0.05, 0) is 25.0 Å². The van der Waals surface area contributed by atoms with Gasteiger partial charge in [0, 0.05) is 25.5 Å². The molecule has 0 saturated carbocycles. The highest BCUT2D eigenvalue weighted by Gasteiger charge is 2.31. The third-order valence-electron chi connectivity index (χ3n) is 4.50. The molecule has 3 rings (SSSR count). The van der Waals surface area contributed by atoms with Gasteiger partial charge >= 0.3 is 0 Å². The van der Waals surface area contributed by atoms with Gasteiger partial charge in [-0.15, -0.1) is 0 Å². The van der Waals surface area contributed by atoms with Crippen molar-refractivity contribution in [1.29, 1.82) is 0 Å². The lowest BCUT2D eigenvalue weighted by atomic mass is 10.1. The van der Waals surface area contributed by atoms with Crippen LogP contribution in [0.15, 0.2) is 30.6 Å². The van der Waals surface area contributed by atoms with E-state index in [4.69, 9.17) is 9.47 Å². The summed E-state index contributed by atoms with van der Waals surface area (Å²) in [6.45, 7) is 3.66. The van der Waals surface area contributed by atoms with Crippen LogP contribution in [0.1, 0.15) is 42.0 Å². The van der Waals surface area contributed by atoms with Crippen molar-refractivity contribution < 1.29 is 14.3 Å². The molecule has 1 aliphatic heterocycles. The number of amides is 1. The lowest BCUT2D eigenvalue weighted by molar-refractivity contribution is 0.0666. The minimum absolute atomic E-state index is 0.0362. The molecule has 1 aliphatic rings. The Labute approximate surface area is 142 Å². The first-order valence-corrected chi connectivity index (χ1v) is 8.24. The van der Waals surface area contributed by atoms with E-state index in [0.29, 0.717) is 23.6 Å². The van der Waals surface area contributed by atoms with Crippen molar-refractivity contribution in [2.45, 2.75) is 32.4 Å². The third kappa shape index (κ3) is 2.72. The average Bonchev–Trinajstić information content (AvgIpc) is 3.00. The number of hydrogen-bond donors (Lipinski definition) is 0. The quantitative estimate of drug-likeness (QED) is 0.865. The van der Waals surface area contributed by atoms with Gasteiger partial charge in [0.1, 0.15) is 5.82 Å². The second-order valence-electron chi connectivity index (χ2n) is 5.80. The second-order valence-corrected chi connectivity index (χ2v) is 5.80. The number of fused-ring (bicyclic) bond motifs is 1. The molecule has 0 N–H and O–H groups in total. The summed E-state index contributed by atoms with van der Waals surface area (Å²) in [7, 11) is 3.13. The molecule has 1 amide bonds. The van der Waals surface area contributed by atoms with Gasteiger partial charge in [-0.25, -0.2) is 4.98 Å². The van der Waals surface area contributed by atoms with Crippen LogP contribution in [0.4, 0.5) is 0 Å². The molecule has 0 radical (unpaired) electrons. The van der Waals surface area contributed by atoms with Gasteiger partial charge in [0.05, 0.1) is 25.8 Å². The number of aromatic nitrogens is 2. The summed E-state index contributed by atoms with van der Waals surface area (Å²) in [6, 6.07) is 5.36. The summed E-state index contributed by atoms with van der Waals surface area (Å²) >= 11 is 0. The summed E-state index contributed by atoms with van der Waals surface area (Å²) in [5.74, 6) is 1.94. The standard InChI is InChI=1S/C18H23N3O3/c1-4-14-17-19-9-12-20(17)10-6-11-21(14)18(22)13-7-5-8-15(23-2)16(13)24-3/h5,7-9,12,14H,4,6,10-11H2,1-3H3. The highest BCUT2D eigenvalue weighted by atomic mass is 16.5. The van der Waals surface area contributed by atoms with Crippen LogP contribution in [0.25, 0.3) is 0 Å². The number of carbonyl (C=O) groups excluding carboxylic acids is 1. The van der Waals surface area contributed by atoms with Crippen LogP contribution >= 0.6 is 0 Å². The normalized spacial score (nSPS) is 17.1. The largest absolute Gasteiger partial charge is 0.493 e. The van der Waals surface area contributed by atoms with Gasteiger partial charge in [-0.3, -0.25) is 4.79 Å². The Kier molecular flexibility index (Phi) is 4.74. The molecular formula is C18H23N3O3. The maximum atomic E-state index is 13.3. The van der Waals surface area contributed by atoms with Gasteiger partial charge in [0.25, 0.3) is 5.91 Å². The molecule has 0 aliphatic carbocycles. The summed E-state index contributed by atoms with van der Waals surface area (Å²) in [4.78, 5) is 19.6. The lowest BCUT2D eigenvalue weighted by Gasteiger charge is -2.29. The van der Waals surface area contributed by atoms with E-state index < -0.39 is 0 Å². The molecule has 24 heavy (non-hydrogen) atoms. The zero-order chi connectivity index (χ0) is 17.1. The molecule has 6 nitrogen and oxygen atoms in total. The van der Waals surface area contributed by atoms with Crippen LogP contribution in [-0.2, 0) is 6.54 Å². The van der Waals surface area contributed by atoms with Crippen molar-refractivity contribution in [2.24, 2.45) is 0 Å². The number of methoxy groups -OCH3 is 2. The van der Waals surface area contributed by atoms with Crippen molar-refractivity contribution in [3.05, 3.63) is 42.0 Å². The van der Waals surface area contributed by atoms with Crippen molar-refractivity contribution in [3.63, 3.8) is 0 Å². The topological polar surface area (TPSA) is 56.6 Å². The van der Waals surface area contributed by atoms with Crippen molar-refractivity contribution in [1.82, 2.24) is 14.5 Å². The molecule has 1 unspecified atom stereocenters. The zero-order valence-electron chi connectivity index (χ0n) is 14.4. The minimum atomic E-state index is -0.0472. The number of carbonyl (C=O) groups is 1. The van der Waals surface area contributed by atoms with Crippen LogP contribution in [0.5, 0.6) is 11.5 Å². The Morgan fingerprint density at radius 3 is 2.83 bits per heavy atom. The first-order chi connectivity index (χ1) is 11.7. The van der Waals surface area contributed by atoms with Gasteiger partial charge < -0.3 is 18.9 Å². The Morgan fingerprint density at radius 2 is 2.12 bits per heavy atom. The monoisotopic (exact) mass is 329 g/mol. The molecule has 1 atom stereocenters. The Morgan fingerprint density at radius 1 is 1.29 bits per heavy atom. The number of ether oxygens (including phenoxy) is 2. The van der Waals surface area contributed by atoms with Gasteiger partial charge in [0.2, 0.25) is 0 Å². The number of aryl methyl sites for hydroxylation is 1. The maximum absolute atomic E-state index is 13.3. The van der Waals surface area contributed by atoms with E-state index in [2.05, 4.69) is 16.5 Å². The molecule has 6 heteroatoms. The Hall–Kier alpha value is -2.50. The fraction of sp³-hybridized carbons (Fsp3) is 0.444. The molecule has 0 spiro atoms. The van der Waals surface area contributed by atoms with Crippen LogP contribution in [0, 0.1) is 0 Å². The molecule has 128 valence electrons. The smallest absolute Gasteiger partial charge is 0.258 e. The molecule has 0 fully saturated rings. The van der Waals surface area contributed by atoms with Crippen molar-refractivity contribution >= 4 is 5.91 Å². The predicted molar refractivity (Wildman–Crippen MR) is 90.5 cm³/mol. The predicted octanol–water partition coefficient (Wildman–Crippen LogP) is 2.90. The zero-order valence-corrected chi connectivity index (χ0v) is 14.4. The first-order valence-electron chi connectivity index (χ1n) is 8.24. The first kappa shape index (κ1) is 16.4. The maximum Gasteiger partial charge on any atom is 0.258 e. The van der Waals surface area contributed by atoms with E-state index in [1.54, 1.807) is 32.5 Å². The van der Waals surface area contributed by atoms with Gasteiger partial charge in [-0.2, -0.15) is 0 Å². The Bertz CT molecular complexity index is 726. The van der Waals surface area contributed by atoms with E-state index in [0.717, 1.165) is 25.2 Å². The number of benzene rings is 1. The summed E-state index contributed by atoms with van der Waals surface area (Å²) < 4.78 is 12.9. The number of nitrogens with zero attached hydrogens (tertiary/aromatic N) is 3. The number of hydrogen-bond acceptors (Lipinski definition) is 4. The van der Waals surface area contributed by atoms with Crippen LogP contribution < -0.4 is 9.47 Å². The summed E-state index contributed by atoms with van der Waals surface area (Å²) in [6.07, 6.45) is 5.50. The van der Waals surface area contributed by atoms with Crippen molar-refractivity contribution in [3.8, 4) is 11.5 Å². The number of rotatable bonds is 4. The number of para-hydroxylation sites is 1.